The van der Waals surface area contributed by atoms with Crippen molar-refractivity contribution in [1.82, 2.24) is 0 Å². The number of hydrogen-bond acceptors (Lipinski definition) is 2. The van der Waals surface area contributed by atoms with Crippen LogP contribution in [0, 0.1) is 22.7 Å². The van der Waals surface area contributed by atoms with Crippen LogP contribution in [-0.4, -0.2) is 11.7 Å². The van der Waals surface area contributed by atoms with Gasteiger partial charge in [0.1, 0.15) is 11.7 Å². The van der Waals surface area contributed by atoms with E-state index in [0.29, 0.717) is 11.8 Å². The molecule has 0 aromatic heterocycles. The molecule has 1 fully saturated rings. The van der Waals surface area contributed by atoms with Gasteiger partial charge in [0.25, 0.3) is 0 Å². The van der Waals surface area contributed by atoms with E-state index >= 15 is 0 Å². The fourth-order valence-electron chi connectivity index (χ4n) is 2.01. The van der Waals surface area contributed by atoms with E-state index in [9.17, 15) is 0 Å². The van der Waals surface area contributed by atoms with Crippen LogP contribution >= 0.6 is 0 Å². The molecule has 0 amide bonds. The zero-order valence-corrected chi connectivity index (χ0v) is 9.45. The Morgan fingerprint density at radius 1 is 0.812 bits per heavy atom. The molecule has 1 aliphatic rings. The molecule has 0 aromatic rings. The Labute approximate surface area is 96.4 Å². The summed E-state index contributed by atoms with van der Waals surface area (Å²) in [7, 11) is 0. The summed E-state index contributed by atoms with van der Waals surface area (Å²) in [4.78, 5) is 0. The first-order valence-electron chi connectivity index (χ1n) is 5.62. The molecule has 0 radical (unpaired) electrons. The van der Waals surface area contributed by atoms with Gasteiger partial charge in [-0.05, 0) is 49.7 Å². The van der Waals surface area contributed by atoms with E-state index in [4.69, 9.17) is 22.3 Å². The Morgan fingerprint density at radius 2 is 1.12 bits per heavy atom. The number of nitrogens with one attached hydrogen (secondary N) is 2. The van der Waals surface area contributed by atoms with Gasteiger partial charge >= 0.3 is 0 Å². The molecule has 0 atom stereocenters. The van der Waals surface area contributed by atoms with E-state index in [-0.39, 0.29) is 11.7 Å². The van der Waals surface area contributed by atoms with Crippen molar-refractivity contribution in [3.63, 3.8) is 0 Å². The molecule has 0 unspecified atom stereocenters. The summed E-state index contributed by atoms with van der Waals surface area (Å²) in [6.45, 7) is 0. The molecular formula is C12H20N4. The second kappa shape index (κ2) is 6.10. The standard InChI is InChI=1S/C12H20N4/c13-11(14)7-5-9-1-2-10(4-3-9)6-8-12(15)16/h5-10H,1-4H2,(H3,13,14)(H3,15,16)/b7-5+,8-6+. The highest BCUT2D eigenvalue weighted by atomic mass is 14.7. The van der Waals surface area contributed by atoms with Crippen LogP contribution in [0.25, 0.3) is 0 Å². The highest BCUT2D eigenvalue weighted by Crippen LogP contribution is 2.30. The van der Waals surface area contributed by atoms with Gasteiger partial charge in [-0.3, -0.25) is 10.8 Å². The van der Waals surface area contributed by atoms with E-state index in [0.717, 1.165) is 25.7 Å². The van der Waals surface area contributed by atoms with Crippen molar-refractivity contribution in [3.8, 4) is 0 Å². The van der Waals surface area contributed by atoms with Crippen molar-refractivity contribution in [2.24, 2.45) is 23.3 Å². The van der Waals surface area contributed by atoms with Crippen LogP contribution in [0.15, 0.2) is 24.3 Å². The molecule has 4 heteroatoms. The fourth-order valence-corrected chi connectivity index (χ4v) is 2.01. The van der Waals surface area contributed by atoms with Gasteiger partial charge in [-0.25, -0.2) is 0 Å². The normalized spacial score (nSPS) is 26.2. The Bertz CT molecular complexity index is 277. The number of allylic oxidation sites excluding steroid dienone is 2. The third-order valence-corrected chi connectivity index (χ3v) is 2.91. The summed E-state index contributed by atoms with van der Waals surface area (Å²) in [5, 5.41) is 14.2. The predicted octanol–water partition coefficient (Wildman–Crippen LogP) is 1.78. The average molecular weight is 220 g/mol. The van der Waals surface area contributed by atoms with Crippen LogP contribution in [0.1, 0.15) is 25.7 Å². The van der Waals surface area contributed by atoms with Gasteiger partial charge in [0, 0.05) is 0 Å². The third kappa shape index (κ3) is 4.77. The number of amidine groups is 2. The summed E-state index contributed by atoms with van der Waals surface area (Å²) >= 11 is 0. The lowest BCUT2D eigenvalue weighted by atomic mass is 9.81. The Balaban J connectivity index is 2.34. The maximum atomic E-state index is 7.11. The first-order chi connectivity index (χ1) is 7.58. The van der Waals surface area contributed by atoms with Gasteiger partial charge in [0.2, 0.25) is 0 Å². The van der Waals surface area contributed by atoms with Crippen molar-refractivity contribution in [2.45, 2.75) is 25.7 Å². The van der Waals surface area contributed by atoms with E-state index in [1.165, 1.54) is 0 Å². The van der Waals surface area contributed by atoms with Gasteiger partial charge in [0.05, 0.1) is 0 Å². The van der Waals surface area contributed by atoms with E-state index in [1.807, 2.05) is 12.2 Å². The number of rotatable bonds is 4. The minimum atomic E-state index is 0.124. The quantitative estimate of drug-likeness (QED) is 0.429. The van der Waals surface area contributed by atoms with Gasteiger partial charge in [-0.15, -0.1) is 0 Å². The first kappa shape index (κ1) is 12.5. The van der Waals surface area contributed by atoms with Gasteiger partial charge in [-0.1, -0.05) is 12.2 Å². The highest BCUT2D eigenvalue weighted by Gasteiger charge is 2.17. The predicted molar refractivity (Wildman–Crippen MR) is 67.6 cm³/mol. The molecule has 1 aliphatic carbocycles. The summed E-state index contributed by atoms with van der Waals surface area (Å²) in [6, 6.07) is 0. The smallest absolute Gasteiger partial charge is 0.114 e. The number of nitrogens with two attached hydrogens (primary N) is 2. The van der Waals surface area contributed by atoms with Crippen molar-refractivity contribution < 1.29 is 0 Å². The van der Waals surface area contributed by atoms with Crippen molar-refractivity contribution >= 4 is 11.7 Å². The largest absolute Gasteiger partial charge is 0.384 e. The molecule has 88 valence electrons. The lowest BCUT2D eigenvalue weighted by Gasteiger charge is -2.24. The van der Waals surface area contributed by atoms with Crippen LogP contribution < -0.4 is 11.5 Å². The van der Waals surface area contributed by atoms with Crippen LogP contribution in [0.5, 0.6) is 0 Å². The molecule has 4 nitrogen and oxygen atoms in total. The average Bonchev–Trinajstić information content (AvgIpc) is 2.25. The third-order valence-electron chi connectivity index (χ3n) is 2.91. The molecular weight excluding hydrogens is 200 g/mol. The molecule has 6 N–H and O–H groups in total. The summed E-state index contributed by atoms with van der Waals surface area (Å²) in [6.07, 6.45) is 11.9. The molecule has 0 spiro atoms. The van der Waals surface area contributed by atoms with Crippen LogP contribution in [0.4, 0.5) is 0 Å². The van der Waals surface area contributed by atoms with E-state index in [2.05, 4.69) is 0 Å². The second-order valence-corrected chi connectivity index (χ2v) is 4.30. The van der Waals surface area contributed by atoms with Crippen LogP contribution in [0.2, 0.25) is 0 Å². The van der Waals surface area contributed by atoms with E-state index < -0.39 is 0 Å². The molecule has 0 aliphatic heterocycles. The minimum absolute atomic E-state index is 0.124. The summed E-state index contributed by atoms with van der Waals surface area (Å²) < 4.78 is 0. The van der Waals surface area contributed by atoms with Gasteiger partial charge < -0.3 is 11.5 Å². The highest BCUT2D eigenvalue weighted by molar-refractivity contribution is 5.88. The van der Waals surface area contributed by atoms with Gasteiger partial charge in [0.15, 0.2) is 0 Å². The van der Waals surface area contributed by atoms with Crippen LogP contribution in [-0.2, 0) is 0 Å². The van der Waals surface area contributed by atoms with Crippen molar-refractivity contribution in [1.29, 1.82) is 10.8 Å². The monoisotopic (exact) mass is 220 g/mol. The Morgan fingerprint density at radius 3 is 1.38 bits per heavy atom. The summed E-state index contributed by atoms with van der Waals surface area (Å²) in [5.41, 5.74) is 10.5. The van der Waals surface area contributed by atoms with Crippen molar-refractivity contribution in [3.05, 3.63) is 24.3 Å². The maximum absolute atomic E-state index is 7.11. The second-order valence-electron chi connectivity index (χ2n) is 4.30. The molecule has 1 saturated carbocycles. The molecule has 1 rings (SSSR count). The Kier molecular flexibility index (Phi) is 4.76. The first-order valence-corrected chi connectivity index (χ1v) is 5.62. The molecule has 16 heavy (non-hydrogen) atoms. The SMILES string of the molecule is N=C(N)/C=C/C1CCC(/C=C/C(=N)N)CC1. The fraction of sp³-hybridized carbons (Fsp3) is 0.500. The maximum Gasteiger partial charge on any atom is 0.114 e. The Hall–Kier alpha value is -1.58. The lowest BCUT2D eigenvalue weighted by Crippen LogP contribution is -2.13. The molecule has 0 aromatic carbocycles. The molecule has 0 heterocycles. The zero-order valence-electron chi connectivity index (χ0n) is 9.45. The van der Waals surface area contributed by atoms with E-state index in [1.54, 1.807) is 12.2 Å². The van der Waals surface area contributed by atoms with Gasteiger partial charge in [-0.2, -0.15) is 0 Å². The summed E-state index contributed by atoms with van der Waals surface area (Å²) in [5.74, 6) is 1.34. The minimum Gasteiger partial charge on any atom is -0.384 e. The van der Waals surface area contributed by atoms with Crippen LogP contribution in [0.3, 0.4) is 0 Å². The topological polar surface area (TPSA) is 99.7 Å². The zero-order chi connectivity index (χ0) is 12.0. The van der Waals surface area contributed by atoms with Crippen molar-refractivity contribution in [2.75, 3.05) is 0 Å². The number of hydrogen-bond donors (Lipinski definition) is 4. The molecule has 0 saturated heterocycles. The lowest BCUT2D eigenvalue weighted by molar-refractivity contribution is 0.356. The molecule has 0 bridgehead atoms.